The molecule has 3 aromatic carbocycles. The van der Waals surface area contributed by atoms with Crippen LogP contribution in [0.25, 0.3) is 0 Å². The molecule has 0 aliphatic rings. The Labute approximate surface area is 194 Å². The van der Waals surface area contributed by atoms with Crippen LogP contribution in [0.2, 0.25) is 5.02 Å². The second-order valence-electron chi connectivity index (χ2n) is 7.48. The van der Waals surface area contributed by atoms with Crippen LogP contribution in [0.4, 0.5) is 0 Å². The molecule has 1 N–H and O–H groups in total. The van der Waals surface area contributed by atoms with E-state index in [1.54, 1.807) is 24.1 Å². The number of rotatable bonds is 9. The van der Waals surface area contributed by atoms with Crippen LogP contribution >= 0.6 is 11.6 Å². The summed E-state index contributed by atoms with van der Waals surface area (Å²) in [4.78, 5) is 27.5. The number of benzene rings is 3. The fourth-order valence-electron chi connectivity index (χ4n) is 3.50. The van der Waals surface area contributed by atoms with Crippen molar-refractivity contribution in [2.45, 2.75) is 25.9 Å². The van der Waals surface area contributed by atoms with Gasteiger partial charge in [0.25, 0.3) is 0 Å². The van der Waals surface area contributed by atoms with Crippen molar-refractivity contribution in [1.82, 2.24) is 10.2 Å². The van der Waals surface area contributed by atoms with E-state index >= 15 is 0 Å². The van der Waals surface area contributed by atoms with Crippen LogP contribution in [0.3, 0.4) is 0 Å². The Balaban J connectivity index is 1.76. The Morgan fingerprint density at radius 3 is 2.16 bits per heavy atom. The summed E-state index contributed by atoms with van der Waals surface area (Å²) in [6.07, 6.45) is 0.675. The highest BCUT2D eigenvalue weighted by Crippen LogP contribution is 2.24. The zero-order valence-electron chi connectivity index (χ0n) is 18.3. The van der Waals surface area contributed by atoms with Crippen molar-refractivity contribution in [3.63, 3.8) is 0 Å². The maximum absolute atomic E-state index is 13.3. The van der Waals surface area contributed by atoms with Crippen LogP contribution in [0.5, 0.6) is 5.75 Å². The summed E-state index contributed by atoms with van der Waals surface area (Å²) >= 11 is 5.99. The normalized spacial score (nSPS) is 11.5. The molecule has 0 aromatic heterocycles. The maximum Gasteiger partial charge on any atom is 0.247 e. The molecule has 166 valence electrons. The highest BCUT2D eigenvalue weighted by Gasteiger charge is 2.29. The molecule has 6 heteroatoms. The second-order valence-corrected chi connectivity index (χ2v) is 7.91. The van der Waals surface area contributed by atoms with Gasteiger partial charge in [0.15, 0.2) is 0 Å². The van der Waals surface area contributed by atoms with Gasteiger partial charge in [0.2, 0.25) is 11.8 Å². The SMILES string of the molecule is COc1ccc(CCNC(=O)C(c2ccccc2)N(Cc2ccc(Cl)cc2)C(C)=O)cc1. The number of hydrogen-bond donors (Lipinski definition) is 1. The monoisotopic (exact) mass is 450 g/mol. The number of amides is 2. The molecule has 0 spiro atoms. The zero-order valence-corrected chi connectivity index (χ0v) is 19.0. The van der Waals surface area contributed by atoms with Crippen LogP contribution in [-0.4, -0.2) is 30.4 Å². The lowest BCUT2D eigenvalue weighted by Crippen LogP contribution is -2.43. The van der Waals surface area contributed by atoms with Crippen molar-refractivity contribution in [3.8, 4) is 5.75 Å². The summed E-state index contributed by atoms with van der Waals surface area (Å²) < 4.78 is 5.18. The minimum atomic E-state index is -0.736. The molecule has 0 bridgehead atoms. The van der Waals surface area contributed by atoms with Crippen molar-refractivity contribution >= 4 is 23.4 Å². The van der Waals surface area contributed by atoms with Crippen LogP contribution in [0.1, 0.15) is 29.7 Å². The van der Waals surface area contributed by atoms with Gasteiger partial charge in [0.05, 0.1) is 7.11 Å². The van der Waals surface area contributed by atoms with E-state index < -0.39 is 6.04 Å². The topological polar surface area (TPSA) is 58.6 Å². The summed E-state index contributed by atoms with van der Waals surface area (Å²) in [6.45, 7) is 2.25. The van der Waals surface area contributed by atoms with E-state index in [9.17, 15) is 9.59 Å². The molecule has 0 saturated heterocycles. The Kier molecular flexibility index (Phi) is 8.28. The quantitative estimate of drug-likeness (QED) is 0.509. The van der Waals surface area contributed by atoms with Crippen molar-refractivity contribution in [2.75, 3.05) is 13.7 Å². The van der Waals surface area contributed by atoms with Gasteiger partial charge in [0, 0.05) is 25.0 Å². The highest BCUT2D eigenvalue weighted by molar-refractivity contribution is 6.30. The molecule has 0 saturated carbocycles. The fourth-order valence-corrected chi connectivity index (χ4v) is 3.62. The zero-order chi connectivity index (χ0) is 22.9. The first-order valence-corrected chi connectivity index (χ1v) is 10.8. The molecule has 3 aromatic rings. The lowest BCUT2D eigenvalue weighted by Gasteiger charge is -2.30. The van der Waals surface area contributed by atoms with Gasteiger partial charge in [-0.25, -0.2) is 0 Å². The Bertz CT molecular complexity index is 1020. The molecule has 32 heavy (non-hydrogen) atoms. The molecule has 0 fully saturated rings. The van der Waals surface area contributed by atoms with Crippen LogP contribution in [-0.2, 0) is 22.6 Å². The van der Waals surface area contributed by atoms with Crippen LogP contribution in [0, 0.1) is 0 Å². The number of carbonyl (C=O) groups excluding carboxylic acids is 2. The van der Waals surface area contributed by atoms with Gasteiger partial charge >= 0.3 is 0 Å². The van der Waals surface area contributed by atoms with Gasteiger partial charge in [0.1, 0.15) is 11.8 Å². The Hall–Kier alpha value is -3.31. The summed E-state index contributed by atoms with van der Waals surface area (Å²) in [5, 5.41) is 3.63. The van der Waals surface area contributed by atoms with Crippen molar-refractivity contribution < 1.29 is 14.3 Å². The minimum absolute atomic E-state index is 0.181. The van der Waals surface area contributed by atoms with Gasteiger partial charge in [-0.2, -0.15) is 0 Å². The summed E-state index contributed by atoms with van der Waals surface area (Å²) in [6, 6.07) is 23.6. The number of ether oxygens (including phenoxy) is 1. The number of methoxy groups -OCH3 is 1. The van der Waals surface area contributed by atoms with Crippen molar-refractivity contribution in [1.29, 1.82) is 0 Å². The van der Waals surface area contributed by atoms with Crippen LogP contribution < -0.4 is 10.1 Å². The average molecular weight is 451 g/mol. The second kappa shape index (κ2) is 11.3. The molecule has 1 atom stereocenters. The summed E-state index contributed by atoms with van der Waals surface area (Å²) in [7, 11) is 1.63. The highest BCUT2D eigenvalue weighted by atomic mass is 35.5. The maximum atomic E-state index is 13.3. The van der Waals surface area contributed by atoms with E-state index in [1.165, 1.54) is 6.92 Å². The molecule has 0 heterocycles. The average Bonchev–Trinajstić information content (AvgIpc) is 2.81. The Morgan fingerprint density at radius 1 is 0.938 bits per heavy atom. The first-order chi connectivity index (χ1) is 15.5. The molecule has 3 rings (SSSR count). The summed E-state index contributed by atoms with van der Waals surface area (Å²) in [5.41, 5.74) is 2.75. The lowest BCUT2D eigenvalue weighted by molar-refractivity contribution is -0.140. The molecule has 2 amide bonds. The Morgan fingerprint density at radius 2 is 1.56 bits per heavy atom. The molecule has 0 radical (unpaired) electrons. The number of hydrogen-bond acceptors (Lipinski definition) is 3. The van der Waals surface area contributed by atoms with E-state index in [0.29, 0.717) is 24.5 Å². The van der Waals surface area contributed by atoms with Gasteiger partial charge in [-0.1, -0.05) is 66.2 Å². The molecule has 0 aliphatic carbocycles. The minimum Gasteiger partial charge on any atom is -0.497 e. The number of nitrogens with one attached hydrogen (secondary N) is 1. The smallest absolute Gasteiger partial charge is 0.247 e. The third kappa shape index (κ3) is 6.34. The number of nitrogens with zero attached hydrogens (tertiary/aromatic N) is 1. The number of halogens is 1. The molecule has 5 nitrogen and oxygen atoms in total. The number of carbonyl (C=O) groups is 2. The lowest BCUT2D eigenvalue weighted by atomic mass is 10.0. The van der Waals surface area contributed by atoms with Gasteiger partial charge in [-0.15, -0.1) is 0 Å². The summed E-state index contributed by atoms with van der Waals surface area (Å²) in [5.74, 6) is 0.397. The molecule has 0 aliphatic heterocycles. The van der Waals surface area contributed by atoms with E-state index in [1.807, 2.05) is 66.7 Å². The first-order valence-electron chi connectivity index (χ1n) is 10.4. The fraction of sp³-hybridized carbons (Fsp3) is 0.231. The van der Waals surface area contributed by atoms with E-state index in [-0.39, 0.29) is 11.8 Å². The van der Waals surface area contributed by atoms with Crippen molar-refractivity contribution in [2.24, 2.45) is 0 Å². The molecular weight excluding hydrogens is 424 g/mol. The van der Waals surface area contributed by atoms with Crippen LogP contribution in [0.15, 0.2) is 78.9 Å². The largest absolute Gasteiger partial charge is 0.497 e. The van der Waals surface area contributed by atoms with E-state index in [4.69, 9.17) is 16.3 Å². The van der Waals surface area contributed by atoms with Crippen molar-refractivity contribution in [3.05, 3.63) is 101 Å². The molecular formula is C26H27ClN2O3. The first kappa shape index (κ1) is 23.4. The van der Waals surface area contributed by atoms with Gasteiger partial charge < -0.3 is 15.0 Å². The third-order valence-electron chi connectivity index (χ3n) is 5.22. The van der Waals surface area contributed by atoms with E-state index in [2.05, 4.69) is 5.32 Å². The van der Waals surface area contributed by atoms with E-state index in [0.717, 1.165) is 22.4 Å². The predicted octanol–water partition coefficient (Wildman–Crippen LogP) is 4.80. The standard InChI is InChI=1S/C26H27ClN2O3/c1-19(30)29(18-21-8-12-23(27)13-9-21)25(22-6-4-3-5-7-22)26(31)28-17-16-20-10-14-24(32-2)15-11-20/h3-15,25H,16-18H2,1-2H3,(H,28,31). The third-order valence-corrected chi connectivity index (χ3v) is 5.47. The van der Waals surface area contributed by atoms with Gasteiger partial charge in [-0.05, 0) is 47.4 Å². The molecule has 1 unspecified atom stereocenters. The van der Waals surface area contributed by atoms with Gasteiger partial charge in [-0.3, -0.25) is 9.59 Å². The predicted molar refractivity (Wildman–Crippen MR) is 127 cm³/mol.